The summed E-state index contributed by atoms with van der Waals surface area (Å²) in [5.41, 5.74) is 0. The Labute approximate surface area is 148 Å². The summed E-state index contributed by atoms with van der Waals surface area (Å²) in [5.74, 6) is -1.32. The van der Waals surface area contributed by atoms with Gasteiger partial charge in [0, 0.05) is 26.8 Å². The van der Waals surface area contributed by atoms with Crippen LogP contribution in [0.2, 0.25) is 0 Å². The first kappa shape index (κ1) is 19.8. The van der Waals surface area contributed by atoms with Gasteiger partial charge in [-0.05, 0) is 49.9 Å². The van der Waals surface area contributed by atoms with E-state index < -0.39 is 21.8 Å². The number of halogens is 1. The zero-order valence-corrected chi connectivity index (χ0v) is 15.1. The summed E-state index contributed by atoms with van der Waals surface area (Å²) in [7, 11) is -2.12. The predicted molar refractivity (Wildman–Crippen MR) is 90.0 cm³/mol. The Morgan fingerprint density at radius 3 is 2.60 bits per heavy atom. The fourth-order valence-corrected chi connectivity index (χ4v) is 4.27. The molecular weight excluding hydrogens is 349 g/mol. The summed E-state index contributed by atoms with van der Waals surface area (Å²) >= 11 is 0. The molecule has 1 fully saturated rings. The van der Waals surface area contributed by atoms with Crippen molar-refractivity contribution >= 4 is 16.0 Å². The number of carbonyl (C=O) groups is 1. The highest BCUT2D eigenvalue weighted by Crippen LogP contribution is 2.24. The predicted octanol–water partition coefficient (Wildman–Crippen LogP) is 2.20. The molecule has 1 atom stereocenters. The van der Waals surface area contributed by atoms with Crippen LogP contribution in [0.4, 0.5) is 4.39 Å². The zero-order valence-electron chi connectivity index (χ0n) is 14.3. The Morgan fingerprint density at radius 1 is 1.24 bits per heavy atom. The number of methoxy groups -OCH3 is 1. The molecule has 1 aliphatic heterocycles. The average Bonchev–Trinajstić information content (AvgIpc) is 2.62. The number of nitrogens with zero attached hydrogens (tertiary/aromatic N) is 1. The van der Waals surface area contributed by atoms with Gasteiger partial charge in [-0.15, -0.1) is 0 Å². The van der Waals surface area contributed by atoms with Gasteiger partial charge in [-0.2, -0.15) is 4.31 Å². The number of ether oxygens (including phenoxy) is 2. The molecule has 0 N–H and O–H groups in total. The van der Waals surface area contributed by atoms with E-state index in [1.54, 1.807) is 7.11 Å². The van der Waals surface area contributed by atoms with Crippen molar-refractivity contribution in [2.24, 2.45) is 5.92 Å². The molecule has 0 aromatic heterocycles. The normalized spacial score (nSPS) is 18.9. The zero-order chi connectivity index (χ0) is 18.3. The molecule has 1 aromatic carbocycles. The summed E-state index contributed by atoms with van der Waals surface area (Å²) in [4.78, 5) is 12.2. The largest absolute Gasteiger partial charge is 0.465 e. The van der Waals surface area contributed by atoms with E-state index in [1.807, 2.05) is 0 Å². The summed E-state index contributed by atoms with van der Waals surface area (Å²) in [6, 6.07) is 4.70. The first-order chi connectivity index (χ1) is 11.9. The van der Waals surface area contributed by atoms with E-state index >= 15 is 0 Å². The van der Waals surface area contributed by atoms with Gasteiger partial charge in [-0.25, -0.2) is 12.8 Å². The molecule has 1 heterocycles. The second-order valence-electron chi connectivity index (χ2n) is 6.02. The number of hydrogen-bond donors (Lipinski definition) is 0. The van der Waals surface area contributed by atoms with Crippen molar-refractivity contribution in [3.8, 4) is 0 Å². The number of benzene rings is 1. The van der Waals surface area contributed by atoms with E-state index in [0.29, 0.717) is 39.0 Å². The smallest absolute Gasteiger partial charge is 0.310 e. The van der Waals surface area contributed by atoms with E-state index in [4.69, 9.17) is 9.47 Å². The van der Waals surface area contributed by atoms with Crippen LogP contribution in [-0.4, -0.2) is 52.1 Å². The van der Waals surface area contributed by atoms with Crippen LogP contribution in [0.15, 0.2) is 29.2 Å². The van der Waals surface area contributed by atoms with Crippen molar-refractivity contribution < 1.29 is 27.1 Å². The first-order valence-electron chi connectivity index (χ1n) is 8.36. The molecule has 0 bridgehead atoms. The number of unbranched alkanes of at least 4 members (excludes halogenated alkanes) is 1. The molecule has 140 valence electrons. The highest BCUT2D eigenvalue weighted by Gasteiger charge is 2.34. The maximum Gasteiger partial charge on any atom is 0.310 e. The second kappa shape index (κ2) is 9.26. The first-order valence-corrected chi connectivity index (χ1v) is 9.80. The number of sulfonamides is 1. The molecule has 0 radical (unpaired) electrons. The molecule has 6 nitrogen and oxygen atoms in total. The van der Waals surface area contributed by atoms with E-state index in [0.717, 1.165) is 18.6 Å². The van der Waals surface area contributed by atoms with Gasteiger partial charge < -0.3 is 9.47 Å². The third-order valence-corrected chi connectivity index (χ3v) is 6.04. The fourth-order valence-electron chi connectivity index (χ4n) is 2.75. The Hall–Kier alpha value is -1.51. The summed E-state index contributed by atoms with van der Waals surface area (Å²) in [5, 5.41) is 0. The molecule has 1 saturated heterocycles. The third kappa shape index (κ3) is 5.49. The van der Waals surface area contributed by atoms with Gasteiger partial charge >= 0.3 is 5.97 Å². The Morgan fingerprint density at radius 2 is 1.92 bits per heavy atom. The fraction of sp³-hybridized carbons (Fsp3) is 0.588. The van der Waals surface area contributed by atoms with Gasteiger partial charge in [-0.1, -0.05) is 0 Å². The van der Waals surface area contributed by atoms with Crippen LogP contribution in [0.5, 0.6) is 0 Å². The second-order valence-corrected chi connectivity index (χ2v) is 7.96. The minimum Gasteiger partial charge on any atom is -0.465 e. The van der Waals surface area contributed by atoms with Crippen LogP contribution in [0.3, 0.4) is 0 Å². The highest BCUT2D eigenvalue weighted by molar-refractivity contribution is 7.89. The van der Waals surface area contributed by atoms with Crippen LogP contribution >= 0.6 is 0 Å². The lowest BCUT2D eigenvalue weighted by Crippen LogP contribution is -2.42. The SMILES string of the molecule is COCCCCOC(=O)C1CCCN(S(=O)(=O)c2ccc(F)cc2)C1. The van der Waals surface area contributed by atoms with Gasteiger partial charge in [0.25, 0.3) is 0 Å². The Kier molecular flexibility index (Phi) is 7.34. The minimum atomic E-state index is -3.74. The molecule has 0 spiro atoms. The highest BCUT2D eigenvalue weighted by atomic mass is 32.2. The van der Waals surface area contributed by atoms with Crippen LogP contribution in [0.25, 0.3) is 0 Å². The Balaban J connectivity index is 1.93. The average molecular weight is 373 g/mol. The molecule has 0 amide bonds. The minimum absolute atomic E-state index is 0.0301. The van der Waals surface area contributed by atoms with Gasteiger partial charge in [0.1, 0.15) is 5.82 Å². The number of piperidine rings is 1. The van der Waals surface area contributed by atoms with Crippen LogP contribution in [0, 0.1) is 11.7 Å². The van der Waals surface area contributed by atoms with Gasteiger partial charge in [-0.3, -0.25) is 4.79 Å². The van der Waals surface area contributed by atoms with Crippen molar-refractivity contribution in [1.82, 2.24) is 4.31 Å². The maximum atomic E-state index is 13.0. The lowest BCUT2D eigenvalue weighted by molar-refractivity contribution is -0.150. The van der Waals surface area contributed by atoms with Crippen LogP contribution in [0.1, 0.15) is 25.7 Å². The quantitative estimate of drug-likeness (QED) is 0.516. The molecule has 0 saturated carbocycles. The molecule has 8 heteroatoms. The molecule has 25 heavy (non-hydrogen) atoms. The molecule has 1 aromatic rings. The van der Waals surface area contributed by atoms with Crippen molar-refractivity contribution in [1.29, 1.82) is 0 Å². The molecule has 1 aliphatic rings. The van der Waals surface area contributed by atoms with Crippen LogP contribution in [-0.2, 0) is 24.3 Å². The maximum absolute atomic E-state index is 13.0. The molecule has 1 unspecified atom stereocenters. The number of esters is 1. The molecular formula is C17H24FNO5S. The number of rotatable bonds is 8. The van der Waals surface area contributed by atoms with E-state index in [9.17, 15) is 17.6 Å². The lowest BCUT2D eigenvalue weighted by Gasteiger charge is -2.30. The van der Waals surface area contributed by atoms with Gasteiger partial charge in [0.2, 0.25) is 10.0 Å². The van der Waals surface area contributed by atoms with E-state index in [1.165, 1.54) is 16.4 Å². The van der Waals surface area contributed by atoms with E-state index in [-0.39, 0.29) is 17.4 Å². The number of carbonyl (C=O) groups excluding carboxylic acids is 1. The molecule has 0 aliphatic carbocycles. The third-order valence-electron chi connectivity index (χ3n) is 4.16. The number of hydrogen-bond acceptors (Lipinski definition) is 5. The van der Waals surface area contributed by atoms with Gasteiger partial charge in [0.05, 0.1) is 17.4 Å². The molecule has 2 rings (SSSR count). The summed E-state index contributed by atoms with van der Waals surface area (Å²) in [6.45, 7) is 1.36. The summed E-state index contributed by atoms with van der Waals surface area (Å²) < 4.78 is 49.7. The topological polar surface area (TPSA) is 72.9 Å². The van der Waals surface area contributed by atoms with Gasteiger partial charge in [0.15, 0.2) is 0 Å². The van der Waals surface area contributed by atoms with Crippen molar-refractivity contribution in [2.75, 3.05) is 33.4 Å². The van der Waals surface area contributed by atoms with Crippen LogP contribution < -0.4 is 0 Å². The van der Waals surface area contributed by atoms with E-state index in [2.05, 4.69) is 0 Å². The van der Waals surface area contributed by atoms with Crippen molar-refractivity contribution in [3.63, 3.8) is 0 Å². The standard InChI is InChI=1S/C17H24FNO5S/c1-23-11-2-3-12-24-17(20)14-5-4-10-19(13-14)25(21,22)16-8-6-15(18)7-9-16/h6-9,14H,2-5,10-13H2,1H3. The monoisotopic (exact) mass is 373 g/mol. The lowest BCUT2D eigenvalue weighted by atomic mass is 10.00. The summed E-state index contributed by atoms with van der Waals surface area (Å²) in [6.07, 6.45) is 2.71. The van der Waals surface area contributed by atoms with Crippen molar-refractivity contribution in [2.45, 2.75) is 30.6 Å². The van der Waals surface area contributed by atoms with Crippen molar-refractivity contribution in [3.05, 3.63) is 30.1 Å². The Bertz CT molecular complexity index is 662.